The maximum Gasteiger partial charge on any atom is 0.326 e. The van der Waals surface area contributed by atoms with Crippen molar-refractivity contribution in [2.45, 2.75) is 93.0 Å². The van der Waals surface area contributed by atoms with E-state index >= 15 is 0 Å². The number of aliphatic hydroxyl groups excluding tert-OH is 10. The molecule has 0 aliphatic carbocycles. The molecule has 0 bridgehead atoms. The Kier molecular flexibility index (Phi) is 40.7. The Bertz CT molecular complexity index is 1810. The number of rotatable bonds is 51. The Morgan fingerprint density at radius 1 is 0.425 bits per heavy atom. The van der Waals surface area contributed by atoms with Crippen LogP contribution < -0.4 is 26.6 Å². The van der Waals surface area contributed by atoms with E-state index in [2.05, 4.69) is 26.6 Å². The van der Waals surface area contributed by atoms with Crippen LogP contribution in [0.2, 0.25) is 0 Å². The topological polar surface area (TPSA) is 496 Å². The first kappa shape index (κ1) is 73.0. The molecule has 7 amide bonds. The molecule has 0 unspecified atom stereocenters. The molecule has 0 aromatic heterocycles. The van der Waals surface area contributed by atoms with Crippen molar-refractivity contribution in [1.82, 2.24) is 31.5 Å². The lowest BCUT2D eigenvalue weighted by Crippen LogP contribution is -2.53. The van der Waals surface area contributed by atoms with Gasteiger partial charge in [-0.15, -0.1) is 0 Å². The van der Waals surface area contributed by atoms with Crippen LogP contribution in [-0.2, 0) is 76.3 Å². The number of ether oxygens (including phenoxy) is 8. The Hall–Kier alpha value is -5.02. The molecule has 0 saturated heterocycles. The Balaban J connectivity index is 2.10. The number of carboxylic acid groups (broad SMARTS) is 1. The van der Waals surface area contributed by atoms with E-state index in [-0.39, 0.29) is 85.1 Å². The highest BCUT2D eigenvalue weighted by Crippen LogP contribution is 2.08. The van der Waals surface area contributed by atoms with Crippen LogP contribution in [0.15, 0.2) is 12.2 Å². The van der Waals surface area contributed by atoms with Crippen LogP contribution in [0, 0.1) is 0 Å². The number of hydrogen-bond donors (Lipinski definition) is 16. The van der Waals surface area contributed by atoms with Gasteiger partial charge >= 0.3 is 5.97 Å². The van der Waals surface area contributed by atoms with Gasteiger partial charge in [-0.2, -0.15) is 0 Å². The Labute approximate surface area is 460 Å². The van der Waals surface area contributed by atoms with Crippen molar-refractivity contribution in [2.24, 2.45) is 0 Å². The summed E-state index contributed by atoms with van der Waals surface area (Å²) in [5, 5.41) is 118. The highest BCUT2D eigenvalue weighted by atomic mass is 16.6. The summed E-state index contributed by atoms with van der Waals surface area (Å²) in [6.07, 6.45) is -14.5. The summed E-state index contributed by atoms with van der Waals surface area (Å²) < 4.78 is 43.4. The second kappa shape index (κ2) is 44.6. The van der Waals surface area contributed by atoms with Crippen LogP contribution in [0.1, 0.15) is 32.1 Å². The fraction of sp³-hybridized carbons (Fsp3) is 0.787. The first-order valence-corrected chi connectivity index (χ1v) is 25.7. The van der Waals surface area contributed by atoms with E-state index < -0.39 is 148 Å². The third kappa shape index (κ3) is 33.7. The van der Waals surface area contributed by atoms with Gasteiger partial charge in [-0.05, 0) is 12.8 Å². The maximum absolute atomic E-state index is 13.0. The summed E-state index contributed by atoms with van der Waals surface area (Å²) in [6, 6.07) is -2.80. The van der Waals surface area contributed by atoms with Crippen molar-refractivity contribution in [3.05, 3.63) is 12.2 Å². The molecule has 33 heteroatoms. The number of carbonyl (C=O) groups excluding carboxylic acids is 7. The van der Waals surface area contributed by atoms with E-state index in [9.17, 15) is 84.3 Å². The fourth-order valence-electron chi connectivity index (χ4n) is 6.47. The van der Waals surface area contributed by atoms with Crippen molar-refractivity contribution < 1.29 is 132 Å². The lowest BCUT2D eigenvalue weighted by atomic mass is 10.0. The Morgan fingerprint density at radius 3 is 1.19 bits per heavy atom. The lowest BCUT2D eigenvalue weighted by molar-refractivity contribution is -0.144. The van der Waals surface area contributed by atoms with Crippen molar-refractivity contribution in [1.29, 1.82) is 0 Å². The van der Waals surface area contributed by atoms with Gasteiger partial charge in [0.15, 0.2) is 0 Å². The van der Waals surface area contributed by atoms with Gasteiger partial charge in [0.25, 0.3) is 11.8 Å². The van der Waals surface area contributed by atoms with E-state index in [1.807, 2.05) is 0 Å². The Morgan fingerprint density at radius 2 is 0.775 bits per heavy atom. The highest BCUT2D eigenvalue weighted by molar-refractivity contribution is 6.14. The third-order valence-corrected chi connectivity index (χ3v) is 11.1. The number of aliphatic carboxylic acids is 1. The molecule has 0 radical (unpaired) electrons. The molecule has 10 atom stereocenters. The van der Waals surface area contributed by atoms with E-state index in [4.69, 9.17) is 48.1 Å². The molecule has 0 fully saturated rings. The summed E-state index contributed by atoms with van der Waals surface area (Å²) in [5.41, 5.74) is 0. The molecule has 0 spiro atoms. The van der Waals surface area contributed by atoms with Gasteiger partial charge in [-0.25, -0.2) is 4.79 Å². The van der Waals surface area contributed by atoms with Gasteiger partial charge in [-0.1, -0.05) is 0 Å². The standard InChI is InChI=1S/C47H82N6O27/c54-28-34(58)44(68)42(66)32(56)25-49-37(61)3-1-30(46(70)50-26-33(57)43(67)45(69)35(59)29-55)51-38(62)7-9-73-11-13-75-15-17-77-19-21-79-23-24-80-22-20-78-18-16-76-14-12-74-10-8-48-36(60)4-2-31(47(71)72)52-39(63)27-53-40(64)5-6-41(53)65/h5-6,30-35,42-45,54-59,66-69H,1-4,7-29H2,(H,48,60)(H,49,61)(H,50,70)(H,51,62)(H,52,63)(H,71,72)/t30-,31-,32-,33-,34+,35+,42+,43+,44+,45+/m0/s1. The second-order valence-corrected chi connectivity index (χ2v) is 17.4. The van der Waals surface area contributed by atoms with Crippen LogP contribution >= 0.6 is 0 Å². The van der Waals surface area contributed by atoms with Gasteiger partial charge in [0.2, 0.25) is 29.5 Å². The van der Waals surface area contributed by atoms with Crippen LogP contribution in [0.4, 0.5) is 0 Å². The van der Waals surface area contributed by atoms with Crippen molar-refractivity contribution in [3.8, 4) is 0 Å². The van der Waals surface area contributed by atoms with Crippen LogP contribution in [0.3, 0.4) is 0 Å². The molecule has 1 aliphatic rings. The number of nitrogens with zero attached hydrogens (tertiary/aromatic N) is 1. The van der Waals surface area contributed by atoms with Crippen LogP contribution in [0.25, 0.3) is 0 Å². The van der Waals surface area contributed by atoms with E-state index in [0.29, 0.717) is 57.8 Å². The van der Waals surface area contributed by atoms with Gasteiger partial charge < -0.3 is 121 Å². The zero-order chi connectivity index (χ0) is 59.7. The SMILES string of the molecule is O=C(CC[C@H](NC(=O)CN1C(=O)C=CC1=O)C(=O)O)NCCOCCOCCOCCOCCOCCOCCOCCOCCC(=O)N[C@@H](CCC(=O)NC[C@H](O)[C@@H](O)[C@H](O)[C@H](O)CO)C(=O)NC[C@H](O)[C@@H](O)[C@H](O)[C@H](O)CO. The molecule has 1 heterocycles. The zero-order valence-electron chi connectivity index (χ0n) is 44.4. The fourth-order valence-corrected chi connectivity index (χ4v) is 6.47. The quantitative estimate of drug-likeness (QED) is 0.0199. The summed E-state index contributed by atoms with van der Waals surface area (Å²) in [4.78, 5) is 97.8. The number of amides is 7. The number of imide groups is 1. The predicted molar refractivity (Wildman–Crippen MR) is 268 cm³/mol. The number of hydrogen-bond acceptors (Lipinski definition) is 26. The molecular formula is C47H82N6O27. The largest absolute Gasteiger partial charge is 0.480 e. The van der Waals surface area contributed by atoms with Gasteiger partial charge in [0.05, 0.1) is 131 Å². The molecule has 80 heavy (non-hydrogen) atoms. The van der Waals surface area contributed by atoms with Gasteiger partial charge in [-0.3, -0.25) is 38.5 Å². The molecule has 16 N–H and O–H groups in total. The molecular weight excluding hydrogens is 1080 g/mol. The van der Waals surface area contributed by atoms with Crippen LogP contribution in [0.5, 0.6) is 0 Å². The van der Waals surface area contributed by atoms with Crippen LogP contribution in [-0.4, -0.2) is 314 Å². The molecule has 1 rings (SSSR count). The molecule has 0 aromatic rings. The van der Waals surface area contributed by atoms with Crippen molar-refractivity contribution in [2.75, 3.05) is 145 Å². The number of carboxylic acids is 1. The monoisotopic (exact) mass is 1160 g/mol. The molecule has 1 aliphatic heterocycles. The summed E-state index contributed by atoms with van der Waals surface area (Å²) in [6.45, 7) is 0.355. The number of carbonyl (C=O) groups is 8. The predicted octanol–water partition coefficient (Wildman–Crippen LogP) is -9.73. The summed E-state index contributed by atoms with van der Waals surface area (Å²) in [7, 11) is 0. The van der Waals surface area contributed by atoms with E-state index in [1.165, 1.54) is 0 Å². The molecule has 0 saturated carbocycles. The molecule has 0 aromatic carbocycles. The maximum atomic E-state index is 13.0. The minimum atomic E-state index is -1.99. The van der Waals surface area contributed by atoms with Gasteiger partial charge in [0.1, 0.15) is 55.3 Å². The first-order valence-electron chi connectivity index (χ1n) is 25.7. The van der Waals surface area contributed by atoms with Gasteiger partial charge in [0, 0.05) is 51.0 Å². The average molecular weight is 1160 g/mol. The molecule has 33 nitrogen and oxygen atoms in total. The number of aliphatic hydroxyl groups is 10. The van der Waals surface area contributed by atoms with Crippen molar-refractivity contribution >= 4 is 47.3 Å². The lowest BCUT2D eigenvalue weighted by Gasteiger charge is -2.26. The zero-order valence-corrected chi connectivity index (χ0v) is 44.4. The highest BCUT2D eigenvalue weighted by Gasteiger charge is 2.33. The second-order valence-electron chi connectivity index (χ2n) is 17.4. The average Bonchev–Trinajstić information content (AvgIpc) is 3.75. The number of nitrogens with one attached hydrogen (secondary N) is 5. The minimum Gasteiger partial charge on any atom is -0.480 e. The first-order chi connectivity index (χ1) is 38.2. The van der Waals surface area contributed by atoms with E-state index in [0.717, 1.165) is 12.2 Å². The minimum absolute atomic E-state index is 0.0974. The van der Waals surface area contributed by atoms with E-state index in [1.54, 1.807) is 0 Å². The summed E-state index contributed by atoms with van der Waals surface area (Å²) in [5.74, 6) is -6.45. The molecule has 462 valence electrons. The normalized spacial score (nSPS) is 16.2. The smallest absolute Gasteiger partial charge is 0.326 e. The van der Waals surface area contributed by atoms with Crippen molar-refractivity contribution in [3.63, 3.8) is 0 Å². The third-order valence-electron chi connectivity index (χ3n) is 11.1. The summed E-state index contributed by atoms with van der Waals surface area (Å²) >= 11 is 0.